The molecule has 3 heterocycles. The summed E-state index contributed by atoms with van der Waals surface area (Å²) in [6.45, 7) is 0.498. The van der Waals surface area contributed by atoms with Crippen molar-refractivity contribution in [2.75, 3.05) is 6.61 Å². The van der Waals surface area contributed by atoms with E-state index >= 15 is 0 Å². The lowest BCUT2D eigenvalue weighted by molar-refractivity contribution is 0.0406. The molecule has 1 aromatic heterocycles. The average molecular weight is 441 g/mol. The van der Waals surface area contributed by atoms with Crippen LogP contribution in [0.4, 0.5) is 4.39 Å². The first-order chi connectivity index (χ1) is 15.1. The van der Waals surface area contributed by atoms with Crippen LogP contribution in [0.2, 0.25) is 5.02 Å². The lowest BCUT2D eigenvalue weighted by atomic mass is 9.90. The third-order valence-corrected chi connectivity index (χ3v) is 6.57. The Bertz CT molecular complexity index is 1070. The number of ether oxygens (including phenoxy) is 1. The topological polar surface area (TPSA) is 60.2 Å². The summed E-state index contributed by atoms with van der Waals surface area (Å²) in [7, 11) is 0. The van der Waals surface area contributed by atoms with E-state index in [4.69, 9.17) is 16.3 Å². The number of benzene rings is 2. The zero-order valence-electron chi connectivity index (χ0n) is 16.8. The second-order valence-corrected chi connectivity index (χ2v) is 8.56. The van der Waals surface area contributed by atoms with Crippen molar-refractivity contribution in [3.63, 3.8) is 0 Å². The smallest absolute Gasteiger partial charge is 0.256 e. The maximum absolute atomic E-state index is 13.7. The Morgan fingerprint density at radius 3 is 2.71 bits per heavy atom. The summed E-state index contributed by atoms with van der Waals surface area (Å²) in [6.07, 6.45) is 7.18. The molecular formula is C23H22ClFN4O2. The summed E-state index contributed by atoms with van der Waals surface area (Å²) >= 11 is 6.24. The largest absolute Gasteiger partial charge is 0.493 e. The minimum Gasteiger partial charge on any atom is -0.493 e. The number of nitrogens with zero attached hydrogens (tertiary/aromatic N) is 4. The van der Waals surface area contributed by atoms with E-state index in [1.807, 2.05) is 4.90 Å². The molecule has 2 bridgehead atoms. The lowest BCUT2D eigenvalue weighted by Gasteiger charge is -2.40. The molecule has 31 heavy (non-hydrogen) atoms. The lowest BCUT2D eigenvalue weighted by Crippen LogP contribution is -2.49. The van der Waals surface area contributed by atoms with Crippen molar-refractivity contribution in [1.29, 1.82) is 0 Å². The first kappa shape index (κ1) is 20.0. The Balaban J connectivity index is 1.38. The van der Waals surface area contributed by atoms with Gasteiger partial charge in [0.25, 0.3) is 5.91 Å². The predicted molar refractivity (Wildman–Crippen MR) is 114 cm³/mol. The molecule has 6 nitrogen and oxygen atoms in total. The van der Waals surface area contributed by atoms with Gasteiger partial charge in [0.05, 0.1) is 30.3 Å². The Morgan fingerprint density at radius 1 is 1.13 bits per heavy atom. The van der Waals surface area contributed by atoms with Crippen LogP contribution < -0.4 is 4.74 Å². The van der Waals surface area contributed by atoms with Crippen molar-refractivity contribution < 1.29 is 13.9 Å². The fraction of sp³-hybridized carbons (Fsp3) is 0.348. The highest BCUT2D eigenvalue weighted by Crippen LogP contribution is 2.41. The van der Waals surface area contributed by atoms with Gasteiger partial charge in [-0.2, -0.15) is 0 Å². The number of piperidine rings is 1. The first-order valence-corrected chi connectivity index (χ1v) is 10.9. The van der Waals surface area contributed by atoms with E-state index in [1.54, 1.807) is 47.4 Å². The molecule has 2 fully saturated rings. The summed E-state index contributed by atoms with van der Waals surface area (Å²) in [5.74, 6) is 0.543. The number of hydrogen-bond donors (Lipinski definition) is 0. The van der Waals surface area contributed by atoms with Crippen LogP contribution >= 0.6 is 11.6 Å². The van der Waals surface area contributed by atoms with Gasteiger partial charge in [-0.25, -0.2) is 9.07 Å². The minimum absolute atomic E-state index is 0.0352. The van der Waals surface area contributed by atoms with Crippen LogP contribution in [0.3, 0.4) is 0 Å². The molecular weight excluding hydrogens is 419 g/mol. The molecule has 2 unspecified atom stereocenters. The highest BCUT2D eigenvalue weighted by Gasteiger charge is 2.45. The van der Waals surface area contributed by atoms with E-state index in [9.17, 15) is 9.18 Å². The maximum Gasteiger partial charge on any atom is 0.256 e. The molecule has 2 aromatic carbocycles. The van der Waals surface area contributed by atoms with Gasteiger partial charge in [-0.1, -0.05) is 16.8 Å². The van der Waals surface area contributed by atoms with Crippen molar-refractivity contribution >= 4 is 17.5 Å². The van der Waals surface area contributed by atoms with Crippen molar-refractivity contribution in [2.45, 2.75) is 37.8 Å². The van der Waals surface area contributed by atoms with Crippen LogP contribution in [0.15, 0.2) is 54.9 Å². The summed E-state index contributed by atoms with van der Waals surface area (Å²) in [4.78, 5) is 15.7. The standard InChI is InChI=1S/C23H22ClFN4O2/c24-16-2-9-22(28-12-11-26-27-28)20(13-16)23(30)29-18-5-1-15(21(29)10-6-18)14-31-19-7-3-17(25)4-8-19/h2-4,7-9,11-13,15,18,21H,1,5-6,10,14H2/t15-,18?,21?/m1/s1. The van der Waals surface area contributed by atoms with E-state index in [0.717, 1.165) is 25.7 Å². The second-order valence-electron chi connectivity index (χ2n) is 8.12. The van der Waals surface area contributed by atoms with Gasteiger partial charge in [0, 0.05) is 23.0 Å². The Morgan fingerprint density at radius 2 is 1.94 bits per heavy atom. The monoisotopic (exact) mass is 440 g/mol. The average Bonchev–Trinajstić information content (AvgIpc) is 3.41. The number of hydrogen-bond acceptors (Lipinski definition) is 4. The van der Waals surface area contributed by atoms with Gasteiger partial charge in [0.15, 0.2) is 0 Å². The quantitative estimate of drug-likeness (QED) is 0.585. The van der Waals surface area contributed by atoms with Gasteiger partial charge in [0.2, 0.25) is 0 Å². The first-order valence-electron chi connectivity index (χ1n) is 10.5. The molecule has 0 spiro atoms. The Kier molecular flexibility index (Phi) is 5.36. The van der Waals surface area contributed by atoms with Crippen LogP contribution in [0.25, 0.3) is 5.69 Å². The molecule has 2 aliphatic rings. The van der Waals surface area contributed by atoms with E-state index in [-0.39, 0.29) is 29.7 Å². The van der Waals surface area contributed by atoms with Crippen molar-refractivity contribution in [2.24, 2.45) is 5.92 Å². The van der Waals surface area contributed by atoms with Crippen molar-refractivity contribution in [3.8, 4) is 11.4 Å². The molecule has 2 aliphatic heterocycles. The maximum atomic E-state index is 13.7. The number of carbonyl (C=O) groups is 1. The summed E-state index contributed by atoms with van der Waals surface area (Å²) < 4.78 is 20.7. The van der Waals surface area contributed by atoms with Crippen LogP contribution in [0.5, 0.6) is 5.75 Å². The van der Waals surface area contributed by atoms with Crippen LogP contribution in [0.1, 0.15) is 36.0 Å². The van der Waals surface area contributed by atoms with Crippen molar-refractivity contribution in [3.05, 3.63) is 71.3 Å². The Hall–Kier alpha value is -2.93. The molecule has 0 N–H and O–H groups in total. The second kappa shape index (κ2) is 8.30. The molecule has 2 saturated heterocycles. The minimum atomic E-state index is -0.287. The van der Waals surface area contributed by atoms with Crippen LogP contribution in [-0.2, 0) is 0 Å². The molecule has 160 valence electrons. The summed E-state index contributed by atoms with van der Waals surface area (Å²) in [6, 6.07) is 11.6. The third-order valence-electron chi connectivity index (χ3n) is 6.33. The molecule has 5 rings (SSSR count). The van der Waals surface area contributed by atoms with Crippen molar-refractivity contribution in [1.82, 2.24) is 19.9 Å². The van der Waals surface area contributed by atoms with Gasteiger partial charge in [-0.15, -0.1) is 5.10 Å². The zero-order chi connectivity index (χ0) is 21.4. The van der Waals surface area contributed by atoms with E-state index in [2.05, 4.69) is 10.3 Å². The molecule has 1 amide bonds. The zero-order valence-corrected chi connectivity index (χ0v) is 17.6. The normalized spacial score (nSPS) is 22.5. The summed E-state index contributed by atoms with van der Waals surface area (Å²) in [5, 5.41) is 8.42. The van der Waals surface area contributed by atoms with Gasteiger partial charge >= 0.3 is 0 Å². The number of amides is 1. The molecule has 8 heteroatoms. The third kappa shape index (κ3) is 3.90. The number of rotatable bonds is 5. The fourth-order valence-corrected chi connectivity index (χ4v) is 5.03. The highest BCUT2D eigenvalue weighted by atomic mass is 35.5. The van der Waals surface area contributed by atoms with Gasteiger partial charge in [0.1, 0.15) is 11.6 Å². The fourth-order valence-electron chi connectivity index (χ4n) is 4.86. The van der Waals surface area contributed by atoms with E-state index < -0.39 is 0 Å². The predicted octanol–water partition coefficient (Wildman–Crippen LogP) is 4.52. The molecule has 0 aliphatic carbocycles. The van der Waals surface area contributed by atoms with Crippen LogP contribution in [0, 0.1) is 11.7 Å². The SMILES string of the molecule is O=C(c1cc(Cl)ccc1-n1ccnn1)N1C2CCC1[C@@H](COc1ccc(F)cc1)CC2. The molecule has 3 atom stereocenters. The number of halogens is 2. The highest BCUT2D eigenvalue weighted by molar-refractivity contribution is 6.31. The number of fused-ring (bicyclic) bond motifs is 2. The van der Waals surface area contributed by atoms with E-state index in [0.29, 0.717) is 28.6 Å². The Labute approximate surface area is 184 Å². The van der Waals surface area contributed by atoms with Gasteiger partial charge in [-0.05, 0) is 68.1 Å². The van der Waals surface area contributed by atoms with Gasteiger partial charge in [-0.3, -0.25) is 4.79 Å². The summed E-state index contributed by atoms with van der Waals surface area (Å²) in [5.41, 5.74) is 1.19. The molecule has 0 saturated carbocycles. The molecule has 0 radical (unpaired) electrons. The van der Waals surface area contributed by atoms with Gasteiger partial charge < -0.3 is 9.64 Å². The van der Waals surface area contributed by atoms with E-state index in [1.165, 1.54) is 12.1 Å². The number of aromatic nitrogens is 3. The molecule has 3 aromatic rings. The van der Waals surface area contributed by atoms with Crippen LogP contribution in [-0.4, -0.2) is 44.5 Å². The number of carbonyl (C=O) groups excluding carboxylic acids is 1.